The maximum absolute atomic E-state index is 12.3. The molecular formula is C14H15INO4-. The molecule has 2 atom stereocenters. The molecule has 1 heterocycles. The SMILES string of the molecule is O=C([O-])C[C@@H](C(=O)Nc1ccccc1I)[C@H]1CCCO1. The normalized spacial score (nSPS) is 19.6. The zero-order valence-corrected chi connectivity index (χ0v) is 13.0. The summed E-state index contributed by atoms with van der Waals surface area (Å²) in [4.78, 5) is 23.1. The third-order valence-corrected chi connectivity index (χ3v) is 4.21. The second-order valence-corrected chi connectivity index (χ2v) is 5.87. The summed E-state index contributed by atoms with van der Waals surface area (Å²) in [5, 5.41) is 13.6. The molecule has 2 rings (SSSR count). The van der Waals surface area contributed by atoms with Crippen LogP contribution in [0.25, 0.3) is 0 Å². The van der Waals surface area contributed by atoms with Crippen molar-refractivity contribution in [2.24, 2.45) is 5.92 Å². The molecule has 1 aromatic rings. The number of nitrogens with one attached hydrogen (secondary N) is 1. The highest BCUT2D eigenvalue weighted by atomic mass is 127. The number of hydrogen-bond donors (Lipinski definition) is 1. The summed E-state index contributed by atoms with van der Waals surface area (Å²) in [5.74, 6) is -2.27. The second kappa shape index (κ2) is 7.03. The molecular weight excluding hydrogens is 373 g/mol. The average molecular weight is 388 g/mol. The van der Waals surface area contributed by atoms with Crippen molar-refractivity contribution in [3.05, 3.63) is 27.8 Å². The monoisotopic (exact) mass is 388 g/mol. The first-order valence-corrected chi connectivity index (χ1v) is 7.52. The van der Waals surface area contributed by atoms with Gasteiger partial charge in [-0.15, -0.1) is 0 Å². The number of halogens is 1. The quantitative estimate of drug-likeness (QED) is 0.769. The lowest BCUT2D eigenvalue weighted by Crippen LogP contribution is -2.38. The van der Waals surface area contributed by atoms with Crippen molar-refractivity contribution in [3.63, 3.8) is 0 Å². The van der Waals surface area contributed by atoms with Crippen LogP contribution in [0.1, 0.15) is 19.3 Å². The van der Waals surface area contributed by atoms with E-state index < -0.39 is 11.9 Å². The van der Waals surface area contributed by atoms with E-state index in [2.05, 4.69) is 27.9 Å². The predicted molar refractivity (Wildman–Crippen MR) is 79.9 cm³/mol. The number of carbonyl (C=O) groups excluding carboxylic acids is 2. The van der Waals surface area contributed by atoms with Crippen LogP contribution in [0.5, 0.6) is 0 Å². The fourth-order valence-corrected chi connectivity index (χ4v) is 2.80. The van der Waals surface area contributed by atoms with Crippen LogP contribution in [-0.2, 0) is 14.3 Å². The summed E-state index contributed by atoms with van der Waals surface area (Å²) >= 11 is 2.12. The summed E-state index contributed by atoms with van der Waals surface area (Å²) in [7, 11) is 0. The molecule has 0 aromatic heterocycles. The molecule has 0 unspecified atom stereocenters. The van der Waals surface area contributed by atoms with Gasteiger partial charge >= 0.3 is 0 Å². The smallest absolute Gasteiger partial charge is 0.230 e. The molecule has 1 aliphatic heterocycles. The number of para-hydroxylation sites is 1. The van der Waals surface area contributed by atoms with Crippen molar-refractivity contribution in [3.8, 4) is 0 Å². The molecule has 0 saturated carbocycles. The lowest BCUT2D eigenvalue weighted by molar-refractivity contribution is -0.307. The van der Waals surface area contributed by atoms with Crippen LogP contribution in [0.2, 0.25) is 0 Å². The minimum absolute atomic E-state index is 0.320. The number of benzene rings is 1. The van der Waals surface area contributed by atoms with E-state index in [0.717, 1.165) is 9.99 Å². The van der Waals surface area contributed by atoms with Gasteiger partial charge in [-0.05, 0) is 47.6 Å². The third kappa shape index (κ3) is 3.92. The molecule has 108 valence electrons. The number of aliphatic carboxylic acids is 1. The van der Waals surface area contributed by atoms with Crippen LogP contribution in [0, 0.1) is 9.49 Å². The molecule has 0 spiro atoms. The molecule has 1 aromatic carbocycles. The van der Waals surface area contributed by atoms with Gasteiger partial charge < -0.3 is 20.0 Å². The van der Waals surface area contributed by atoms with E-state index in [1.165, 1.54) is 0 Å². The number of carboxylic acid groups (broad SMARTS) is 1. The van der Waals surface area contributed by atoms with Gasteiger partial charge in [-0.1, -0.05) is 12.1 Å². The first-order valence-electron chi connectivity index (χ1n) is 6.45. The largest absolute Gasteiger partial charge is 0.550 e. The molecule has 0 aliphatic carbocycles. The third-order valence-electron chi connectivity index (χ3n) is 3.27. The summed E-state index contributed by atoms with van der Waals surface area (Å²) in [6.07, 6.45) is 0.899. The summed E-state index contributed by atoms with van der Waals surface area (Å²) in [6, 6.07) is 7.34. The molecule has 5 nitrogen and oxygen atoms in total. The van der Waals surface area contributed by atoms with Gasteiger partial charge in [0, 0.05) is 22.6 Å². The van der Waals surface area contributed by atoms with Gasteiger partial charge in [0.1, 0.15) is 0 Å². The van der Waals surface area contributed by atoms with Gasteiger partial charge in [-0.2, -0.15) is 0 Å². The van der Waals surface area contributed by atoms with Crippen LogP contribution >= 0.6 is 22.6 Å². The summed E-state index contributed by atoms with van der Waals surface area (Å²) < 4.78 is 6.35. The van der Waals surface area contributed by atoms with Crippen molar-refractivity contribution in [2.45, 2.75) is 25.4 Å². The topological polar surface area (TPSA) is 78.5 Å². The Morgan fingerprint density at radius 1 is 1.45 bits per heavy atom. The second-order valence-electron chi connectivity index (χ2n) is 4.70. The van der Waals surface area contributed by atoms with Crippen LogP contribution in [0.4, 0.5) is 5.69 Å². The molecule has 1 amide bonds. The fraction of sp³-hybridized carbons (Fsp3) is 0.429. The average Bonchev–Trinajstić information content (AvgIpc) is 2.92. The van der Waals surface area contributed by atoms with E-state index in [0.29, 0.717) is 18.7 Å². The number of ether oxygens (including phenoxy) is 1. The van der Waals surface area contributed by atoms with E-state index in [1.807, 2.05) is 18.2 Å². The maximum Gasteiger partial charge on any atom is 0.230 e. The zero-order valence-electron chi connectivity index (χ0n) is 10.8. The highest BCUT2D eigenvalue weighted by Gasteiger charge is 2.32. The number of rotatable bonds is 5. The Hall–Kier alpha value is -1.15. The Bertz CT molecular complexity index is 500. The van der Waals surface area contributed by atoms with Crippen LogP contribution in [-0.4, -0.2) is 24.6 Å². The number of carbonyl (C=O) groups is 2. The van der Waals surface area contributed by atoms with Crippen molar-refractivity contribution < 1.29 is 19.4 Å². The van der Waals surface area contributed by atoms with E-state index in [1.54, 1.807) is 6.07 Å². The van der Waals surface area contributed by atoms with Gasteiger partial charge in [0.2, 0.25) is 5.91 Å². The van der Waals surface area contributed by atoms with Crippen molar-refractivity contribution in [1.29, 1.82) is 0 Å². The van der Waals surface area contributed by atoms with Gasteiger partial charge in [0.05, 0.1) is 17.7 Å². The summed E-state index contributed by atoms with van der Waals surface area (Å²) in [6.45, 7) is 0.574. The summed E-state index contributed by atoms with van der Waals surface area (Å²) in [5.41, 5.74) is 0.680. The van der Waals surface area contributed by atoms with E-state index in [9.17, 15) is 14.7 Å². The maximum atomic E-state index is 12.3. The zero-order chi connectivity index (χ0) is 14.5. The Morgan fingerprint density at radius 2 is 2.20 bits per heavy atom. The minimum atomic E-state index is -1.23. The molecule has 20 heavy (non-hydrogen) atoms. The number of carboxylic acids is 1. The first kappa shape index (κ1) is 15.2. The van der Waals surface area contributed by atoms with Crippen molar-refractivity contribution in [2.75, 3.05) is 11.9 Å². The van der Waals surface area contributed by atoms with E-state index >= 15 is 0 Å². The van der Waals surface area contributed by atoms with Gasteiger partial charge in [0.25, 0.3) is 0 Å². The molecule has 1 saturated heterocycles. The predicted octanol–water partition coefficient (Wildman–Crippen LogP) is 1.16. The Balaban J connectivity index is 2.09. The van der Waals surface area contributed by atoms with Crippen LogP contribution in [0.15, 0.2) is 24.3 Å². The van der Waals surface area contributed by atoms with Crippen molar-refractivity contribution >= 4 is 40.2 Å². The highest BCUT2D eigenvalue weighted by Crippen LogP contribution is 2.25. The van der Waals surface area contributed by atoms with Crippen molar-refractivity contribution in [1.82, 2.24) is 0 Å². The first-order chi connectivity index (χ1) is 9.58. The molecule has 0 radical (unpaired) electrons. The molecule has 0 bridgehead atoms. The van der Waals surface area contributed by atoms with Gasteiger partial charge in [0.15, 0.2) is 0 Å². The van der Waals surface area contributed by atoms with Gasteiger partial charge in [-0.3, -0.25) is 4.79 Å². The van der Waals surface area contributed by atoms with E-state index in [4.69, 9.17) is 4.74 Å². The molecule has 6 heteroatoms. The highest BCUT2D eigenvalue weighted by molar-refractivity contribution is 14.1. The Morgan fingerprint density at radius 3 is 2.80 bits per heavy atom. The lowest BCUT2D eigenvalue weighted by atomic mass is 9.95. The number of amides is 1. The van der Waals surface area contributed by atoms with Crippen LogP contribution in [0.3, 0.4) is 0 Å². The van der Waals surface area contributed by atoms with E-state index in [-0.39, 0.29) is 18.4 Å². The molecule has 1 aliphatic rings. The minimum Gasteiger partial charge on any atom is -0.550 e. The Labute approximate surface area is 130 Å². The fourth-order valence-electron chi connectivity index (χ4n) is 2.28. The molecule has 1 N–H and O–H groups in total. The standard InChI is InChI=1S/C14H16INO4/c15-10-4-1-2-5-11(10)16-14(19)9(8-13(17)18)12-6-3-7-20-12/h1-2,4-5,9,12H,3,6-8H2,(H,16,19)(H,17,18)/p-1/t9-,12-/m1/s1. The lowest BCUT2D eigenvalue weighted by Gasteiger charge is -2.23. The molecule has 1 fully saturated rings. The van der Waals surface area contributed by atoms with Crippen LogP contribution < -0.4 is 10.4 Å². The van der Waals surface area contributed by atoms with Gasteiger partial charge in [-0.25, -0.2) is 0 Å². The Kier molecular flexibility index (Phi) is 5.36. The number of anilines is 1. The number of hydrogen-bond acceptors (Lipinski definition) is 4.